The van der Waals surface area contributed by atoms with Crippen LogP contribution in [0.15, 0.2) is 0 Å². The van der Waals surface area contributed by atoms with Gasteiger partial charge in [0.05, 0.1) is 0 Å². The zero-order chi connectivity index (χ0) is 3.58. The standard InChI is InChI=1S/C2H4O2.2ClH.Cr/c1-2(3)4;;;/h1H3,(H,3,4);2*1H;. The summed E-state index contributed by atoms with van der Waals surface area (Å²) < 4.78 is 0. The van der Waals surface area contributed by atoms with Gasteiger partial charge in [-0.05, 0) is 0 Å². The maximum Gasteiger partial charge on any atom is 0.300 e. The monoisotopic (exact) mass is 184 g/mol. The number of rotatable bonds is 0. The molecule has 0 saturated carbocycles. The van der Waals surface area contributed by atoms with Crippen LogP contribution in [0.3, 0.4) is 0 Å². The van der Waals surface area contributed by atoms with Crippen molar-refractivity contribution in [3.63, 3.8) is 0 Å². The first-order valence-electron chi connectivity index (χ1n) is 0.928. The van der Waals surface area contributed by atoms with Gasteiger partial charge in [0, 0.05) is 24.3 Å². The molecule has 0 rings (SSSR count). The Morgan fingerprint density at radius 2 is 1.43 bits per heavy atom. The third-order valence-electron chi connectivity index (χ3n) is 0. The van der Waals surface area contributed by atoms with Crippen molar-refractivity contribution in [3.05, 3.63) is 0 Å². The van der Waals surface area contributed by atoms with Crippen molar-refractivity contribution in [2.24, 2.45) is 0 Å². The van der Waals surface area contributed by atoms with Crippen molar-refractivity contribution in [2.75, 3.05) is 0 Å². The third-order valence-corrected chi connectivity index (χ3v) is 0. The summed E-state index contributed by atoms with van der Waals surface area (Å²) in [6, 6.07) is 0. The van der Waals surface area contributed by atoms with E-state index in [1.54, 1.807) is 0 Å². The summed E-state index contributed by atoms with van der Waals surface area (Å²) in [5, 5.41) is 7.42. The van der Waals surface area contributed by atoms with Crippen molar-refractivity contribution in [1.29, 1.82) is 0 Å². The smallest absolute Gasteiger partial charge is 0.300 e. The third kappa shape index (κ3) is 407. The number of halogens is 2. The number of carboxylic acid groups (broad SMARTS) is 1. The number of aliphatic carboxylic acids is 1. The molecule has 46 valence electrons. The molecule has 0 aromatic heterocycles. The van der Waals surface area contributed by atoms with Gasteiger partial charge in [-0.2, -0.15) is 0 Å². The summed E-state index contributed by atoms with van der Waals surface area (Å²) in [5.41, 5.74) is 0. The Labute approximate surface area is 65.2 Å². The van der Waals surface area contributed by atoms with Crippen LogP contribution < -0.4 is 0 Å². The van der Waals surface area contributed by atoms with Crippen LogP contribution in [-0.2, 0) is 22.2 Å². The Morgan fingerprint density at radius 3 is 1.43 bits per heavy atom. The number of carboxylic acids is 1. The summed E-state index contributed by atoms with van der Waals surface area (Å²) in [5.74, 6) is -0.833. The van der Waals surface area contributed by atoms with Crippen LogP contribution in [0.2, 0.25) is 0 Å². The minimum absolute atomic E-state index is 0. The van der Waals surface area contributed by atoms with Crippen LogP contribution in [-0.4, -0.2) is 11.1 Å². The number of hydrogen-bond acceptors (Lipinski definition) is 1. The maximum absolute atomic E-state index is 9.00. The predicted octanol–water partition coefficient (Wildman–Crippen LogP) is 0.932. The largest absolute Gasteiger partial charge is 0.481 e. The van der Waals surface area contributed by atoms with Gasteiger partial charge >= 0.3 is 0 Å². The molecule has 0 fully saturated rings. The molecule has 0 atom stereocenters. The van der Waals surface area contributed by atoms with Gasteiger partial charge < -0.3 is 5.11 Å². The van der Waals surface area contributed by atoms with Gasteiger partial charge in [-0.3, -0.25) is 4.79 Å². The van der Waals surface area contributed by atoms with Gasteiger partial charge in [-0.1, -0.05) is 0 Å². The Balaban J connectivity index is -0.0000000150. The minimum atomic E-state index is -0.833. The van der Waals surface area contributed by atoms with Crippen LogP contribution in [0.5, 0.6) is 0 Å². The molecule has 0 radical (unpaired) electrons. The Hall–Kier alpha value is 0.582. The first-order chi connectivity index (χ1) is 1.73. The molecule has 0 amide bonds. The zero-order valence-electron chi connectivity index (χ0n) is 3.58. The molecule has 0 bridgehead atoms. The van der Waals surface area contributed by atoms with Gasteiger partial charge in [-0.15, -0.1) is 24.8 Å². The maximum atomic E-state index is 9.00. The fourth-order valence-corrected chi connectivity index (χ4v) is 0. The molecule has 1 N–H and O–H groups in total. The van der Waals surface area contributed by atoms with Crippen molar-refractivity contribution in [2.45, 2.75) is 6.92 Å². The summed E-state index contributed by atoms with van der Waals surface area (Å²) in [7, 11) is 0. The van der Waals surface area contributed by atoms with E-state index in [0.717, 1.165) is 6.92 Å². The molecule has 0 aliphatic heterocycles. The van der Waals surface area contributed by atoms with Crippen LogP contribution in [0, 0.1) is 0 Å². The van der Waals surface area contributed by atoms with Crippen molar-refractivity contribution < 1.29 is 27.3 Å². The average Bonchev–Trinajstić information content (AvgIpc) is 0.811. The van der Waals surface area contributed by atoms with Gasteiger partial charge in [0.1, 0.15) is 0 Å². The summed E-state index contributed by atoms with van der Waals surface area (Å²) in [6.07, 6.45) is 0. The molecule has 0 unspecified atom stereocenters. The molecular weight excluding hydrogens is 179 g/mol. The fraction of sp³-hybridized carbons (Fsp3) is 0.500. The first kappa shape index (κ1) is 25.6. The van der Waals surface area contributed by atoms with E-state index >= 15 is 0 Å². The quantitative estimate of drug-likeness (QED) is 0.609. The van der Waals surface area contributed by atoms with E-state index < -0.39 is 5.97 Å². The SMILES string of the molecule is CC(=O)O.Cl.Cl.[Cr]. The molecule has 0 aromatic rings. The molecule has 0 saturated heterocycles. The molecule has 5 heteroatoms. The second kappa shape index (κ2) is 16.0. The number of hydrogen-bond donors (Lipinski definition) is 1. The van der Waals surface area contributed by atoms with Crippen molar-refractivity contribution in [1.82, 2.24) is 0 Å². The minimum Gasteiger partial charge on any atom is -0.481 e. The van der Waals surface area contributed by atoms with E-state index in [0.29, 0.717) is 0 Å². The van der Waals surface area contributed by atoms with Gasteiger partial charge in [0.15, 0.2) is 0 Å². The molecule has 2 nitrogen and oxygen atoms in total. The normalized spacial score (nSPS) is 3.57. The Kier molecular flexibility index (Phi) is 58.5. The van der Waals surface area contributed by atoms with E-state index in [4.69, 9.17) is 9.90 Å². The van der Waals surface area contributed by atoms with Crippen molar-refractivity contribution in [3.8, 4) is 0 Å². The van der Waals surface area contributed by atoms with Crippen LogP contribution in [0.1, 0.15) is 6.92 Å². The predicted molar refractivity (Wildman–Crippen MR) is 27.8 cm³/mol. The van der Waals surface area contributed by atoms with Gasteiger partial charge in [0.2, 0.25) is 0 Å². The molecule has 0 heterocycles. The molecule has 0 spiro atoms. The van der Waals surface area contributed by atoms with Crippen molar-refractivity contribution >= 4 is 30.8 Å². The van der Waals surface area contributed by atoms with E-state index in [2.05, 4.69) is 0 Å². The fourth-order valence-electron chi connectivity index (χ4n) is 0. The molecule has 0 aliphatic rings. The second-order valence-electron chi connectivity index (χ2n) is 0.519. The van der Waals surface area contributed by atoms with Gasteiger partial charge in [-0.25, -0.2) is 0 Å². The van der Waals surface area contributed by atoms with Crippen LogP contribution in [0.25, 0.3) is 0 Å². The second-order valence-corrected chi connectivity index (χ2v) is 0.519. The van der Waals surface area contributed by atoms with Gasteiger partial charge in [0.25, 0.3) is 5.97 Å². The molecule has 0 aromatic carbocycles. The van der Waals surface area contributed by atoms with Crippen LogP contribution >= 0.6 is 24.8 Å². The summed E-state index contributed by atoms with van der Waals surface area (Å²) in [6.45, 7) is 1.08. The van der Waals surface area contributed by atoms with E-state index in [1.807, 2.05) is 0 Å². The van der Waals surface area contributed by atoms with E-state index in [1.165, 1.54) is 0 Å². The molecule has 7 heavy (non-hydrogen) atoms. The number of carbonyl (C=O) groups is 1. The zero-order valence-corrected chi connectivity index (χ0v) is 6.49. The van der Waals surface area contributed by atoms with Crippen LogP contribution in [0.4, 0.5) is 0 Å². The molecule has 0 aliphatic carbocycles. The van der Waals surface area contributed by atoms with E-state index in [9.17, 15) is 0 Å². The topological polar surface area (TPSA) is 37.3 Å². The summed E-state index contributed by atoms with van der Waals surface area (Å²) in [4.78, 5) is 9.00. The summed E-state index contributed by atoms with van der Waals surface area (Å²) >= 11 is 0. The average molecular weight is 185 g/mol. The Bertz CT molecular complexity index is 36.7. The Morgan fingerprint density at radius 1 is 1.43 bits per heavy atom. The first-order valence-corrected chi connectivity index (χ1v) is 0.928. The van der Waals surface area contributed by atoms with E-state index in [-0.39, 0.29) is 42.2 Å². The molecular formula is C2H6Cl2CrO2.